The van der Waals surface area contributed by atoms with E-state index in [0.29, 0.717) is 31.4 Å². The maximum absolute atomic E-state index is 13.2. The monoisotopic (exact) mass is 471 g/mol. The fraction of sp³-hybridized carbons (Fsp3) is 0.286. The largest absolute Gasteiger partial charge is 0.378 e. The molecular weight excluding hydrogens is 442 g/mol. The van der Waals surface area contributed by atoms with Crippen LogP contribution in [0.3, 0.4) is 0 Å². The van der Waals surface area contributed by atoms with Gasteiger partial charge in [-0.05, 0) is 55.2 Å². The fourth-order valence-corrected chi connectivity index (χ4v) is 4.49. The number of hydrogen-bond acceptors (Lipinski definition) is 5. The molecule has 1 fully saturated rings. The van der Waals surface area contributed by atoms with Gasteiger partial charge in [-0.1, -0.05) is 54.6 Å². The molecule has 1 heterocycles. The molecule has 7 nitrogen and oxygen atoms in total. The zero-order valence-corrected chi connectivity index (χ0v) is 19.6. The van der Waals surface area contributed by atoms with Gasteiger partial charge in [-0.15, -0.1) is 0 Å². The molecule has 7 heteroatoms. The van der Waals surface area contributed by atoms with Gasteiger partial charge in [0.2, 0.25) is 23.4 Å². The SMILES string of the molecule is CC(CC(Nc1ccccc1)C1=CC(=O)C(=O)C=C1)NC(=O)C1CCC(=O)N1Cc1ccccc1. The van der Waals surface area contributed by atoms with Gasteiger partial charge >= 0.3 is 0 Å². The van der Waals surface area contributed by atoms with Crippen molar-refractivity contribution in [3.8, 4) is 0 Å². The minimum Gasteiger partial charge on any atom is -0.378 e. The molecular formula is C28H29N3O4. The van der Waals surface area contributed by atoms with Gasteiger partial charge in [-0.2, -0.15) is 0 Å². The number of nitrogens with zero attached hydrogens (tertiary/aromatic N) is 1. The van der Waals surface area contributed by atoms with Crippen LogP contribution in [0.1, 0.15) is 31.7 Å². The van der Waals surface area contributed by atoms with Crippen molar-refractivity contribution in [2.45, 2.75) is 50.9 Å². The molecule has 2 aromatic rings. The number of allylic oxidation sites excluding steroid dienone is 2. The van der Waals surface area contributed by atoms with E-state index in [-0.39, 0.29) is 23.9 Å². The topological polar surface area (TPSA) is 95.6 Å². The van der Waals surface area contributed by atoms with Crippen LogP contribution in [0.2, 0.25) is 0 Å². The Kier molecular flexibility index (Phi) is 7.55. The van der Waals surface area contributed by atoms with Crippen LogP contribution in [0.15, 0.2) is 84.5 Å². The first kappa shape index (κ1) is 24.1. The molecule has 2 aromatic carbocycles. The highest BCUT2D eigenvalue weighted by Crippen LogP contribution is 2.23. The lowest BCUT2D eigenvalue weighted by Crippen LogP contribution is -2.48. The molecule has 0 saturated carbocycles. The van der Waals surface area contributed by atoms with E-state index in [0.717, 1.165) is 11.3 Å². The summed E-state index contributed by atoms with van der Waals surface area (Å²) in [6.45, 7) is 2.30. The highest BCUT2D eigenvalue weighted by molar-refractivity contribution is 6.46. The number of ketones is 2. The summed E-state index contributed by atoms with van der Waals surface area (Å²) < 4.78 is 0. The van der Waals surface area contributed by atoms with Crippen LogP contribution < -0.4 is 10.6 Å². The van der Waals surface area contributed by atoms with Crippen LogP contribution in [0.25, 0.3) is 0 Å². The minimum atomic E-state index is -0.555. The third-order valence-electron chi connectivity index (χ3n) is 6.29. The van der Waals surface area contributed by atoms with E-state index < -0.39 is 17.6 Å². The average Bonchev–Trinajstić information content (AvgIpc) is 3.21. The summed E-state index contributed by atoms with van der Waals surface area (Å²) in [5.74, 6) is -1.30. The van der Waals surface area contributed by atoms with E-state index in [1.165, 1.54) is 12.2 Å². The zero-order valence-electron chi connectivity index (χ0n) is 19.6. The zero-order chi connectivity index (χ0) is 24.8. The van der Waals surface area contributed by atoms with Crippen LogP contribution in [0.4, 0.5) is 5.69 Å². The Bertz CT molecular complexity index is 1160. The van der Waals surface area contributed by atoms with Gasteiger partial charge in [-0.3, -0.25) is 19.2 Å². The lowest BCUT2D eigenvalue weighted by atomic mass is 9.94. The predicted octanol–water partition coefficient (Wildman–Crippen LogP) is 3.19. The Balaban J connectivity index is 1.44. The molecule has 4 rings (SSSR count). The van der Waals surface area contributed by atoms with E-state index in [2.05, 4.69) is 10.6 Å². The molecule has 1 aliphatic carbocycles. The molecule has 3 unspecified atom stereocenters. The Morgan fingerprint density at radius 1 is 0.971 bits per heavy atom. The number of amides is 2. The summed E-state index contributed by atoms with van der Waals surface area (Å²) in [5.41, 5.74) is 2.53. The summed E-state index contributed by atoms with van der Waals surface area (Å²) in [7, 11) is 0. The molecule has 2 amide bonds. The standard InChI is InChI=1S/C28H29N3O4/c1-19(29-28(35)24-13-15-27(34)31(24)18-20-8-4-2-5-9-20)16-23(30-22-10-6-3-7-11-22)21-12-14-25(32)26(33)17-21/h2-12,14,17,19,23-24,30H,13,15-16,18H2,1H3,(H,29,35). The molecule has 0 bridgehead atoms. The Hall–Kier alpha value is -4.00. The van der Waals surface area contributed by atoms with Crippen molar-refractivity contribution in [2.24, 2.45) is 0 Å². The number of anilines is 1. The highest BCUT2D eigenvalue weighted by atomic mass is 16.2. The molecule has 0 aromatic heterocycles. The van der Waals surface area contributed by atoms with Crippen molar-refractivity contribution in [3.63, 3.8) is 0 Å². The average molecular weight is 472 g/mol. The summed E-state index contributed by atoms with van der Waals surface area (Å²) in [6, 6.07) is 18.1. The van der Waals surface area contributed by atoms with Gasteiger partial charge in [0.15, 0.2) is 0 Å². The first-order chi connectivity index (χ1) is 16.9. The molecule has 2 aliphatic rings. The summed E-state index contributed by atoms with van der Waals surface area (Å²) in [5, 5.41) is 6.46. The quantitative estimate of drug-likeness (QED) is 0.433. The number of likely N-dealkylation sites (tertiary alicyclic amines) is 1. The van der Waals surface area contributed by atoms with Crippen molar-refractivity contribution in [3.05, 3.63) is 90.0 Å². The summed E-state index contributed by atoms with van der Waals surface area (Å²) in [4.78, 5) is 50.9. The molecule has 2 N–H and O–H groups in total. The molecule has 1 saturated heterocycles. The second-order valence-electron chi connectivity index (χ2n) is 8.98. The van der Waals surface area contributed by atoms with Gasteiger partial charge < -0.3 is 15.5 Å². The van der Waals surface area contributed by atoms with Gasteiger partial charge in [0.05, 0.1) is 6.04 Å². The Morgan fingerprint density at radius 2 is 1.66 bits per heavy atom. The van der Waals surface area contributed by atoms with E-state index in [1.54, 1.807) is 11.0 Å². The van der Waals surface area contributed by atoms with Crippen LogP contribution in [0, 0.1) is 0 Å². The Morgan fingerprint density at radius 3 is 2.34 bits per heavy atom. The van der Waals surface area contributed by atoms with E-state index in [4.69, 9.17) is 0 Å². The molecule has 3 atom stereocenters. The van der Waals surface area contributed by atoms with Crippen molar-refractivity contribution >= 4 is 29.1 Å². The maximum atomic E-state index is 13.2. The van der Waals surface area contributed by atoms with Crippen LogP contribution >= 0.6 is 0 Å². The van der Waals surface area contributed by atoms with E-state index in [1.807, 2.05) is 67.6 Å². The number of hydrogen-bond donors (Lipinski definition) is 2. The van der Waals surface area contributed by atoms with Gasteiger partial charge in [0.25, 0.3) is 0 Å². The van der Waals surface area contributed by atoms with Crippen LogP contribution in [-0.2, 0) is 25.7 Å². The first-order valence-corrected chi connectivity index (χ1v) is 11.8. The normalized spacial score (nSPS) is 19.3. The number of benzene rings is 2. The van der Waals surface area contributed by atoms with Crippen molar-refractivity contribution < 1.29 is 19.2 Å². The number of nitrogens with one attached hydrogen (secondary N) is 2. The number of para-hydroxylation sites is 1. The van der Waals surface area contributed by atoms with Crippen LogP contribution in [0.5, 0.6) is 0 Å². The van der Waals surface area contributed by atoms with Gasteiger partial charge in [0, 0.05) is 24.7 Å². The van der Waals surface area contributed by atoms with Crippen molar-refractivity contribution in [1.82, 2.24) is 10.2 Å². The molecule has 0 radical (unpaired) electrons. The van der Waals surface area contributed by atoms with E-state index in [9.17, 15) is 19.2 Å². The summed E-state index contributed by atoms with van der Waals surface area (Å²) >= 11 is 0. The second kappa shape index (κ2) is 11.0. The second-order valence-corrected chi connectivity index (χ2v) is 8.98. The minimum absolute atomic E-state index is 0.0223. The lowest BCUT2D eigenvalue weighted by molar-refractivity contribution is -0.136. The summed E-state index contributed by atoms with van der Waals surface area (Å²) in [6.07, 6.45) is 5.61. The number of carbonyl (C=O) groups is 4. The lowest BCUT2D eigenvalue weighted by Gasteiger charge is -2.28. The third kappa shape index (κ3) is 6.12. The fourth-order valence-electron chi connectivity index (χ4n) is 4.49. The predicted molar refractivity (Wildman–Crippen MR) is 133 cm³/mol. The number of carbonyl (C=O) groups excluding carboxylic acids is 4. The maximum Gasteiger partial charge on any atom is 0.243 e. The Labute approximate surface area is 204 Å². The van der Waals surface area contributed by atoms with Crippen molar-refractivity contribution in [2.75, 3.05) is 5.32 Å². The molecule has 180 valence electrons. The molecule has 0 spiro atoms. The third-order valence-corrected chi connectivity index (χ3v) is 6.29. The first-order valence-electron chi connectivity index (χ1n) is 11.8. The number of rotatable bonds is 9. The smallest absolute Gasteiger partial charge is 0.243 e. The highest BCUT2D eigenvalue weighted by Gasteiger charge is 2.36. The van der Waals surface area contributed by atoms with Gasteiger partial charge in [0.1, 0.15) is 6.04 Å². The van der Waals surface area contributed by atoms with Crippen molar-refractivity contribution in [1.29, 1.82) is 0 Å². The van der Waals surface area contributed by atoms with E-state index >= 15 is 0 Å². The molecule has 1 aliphatic heterocycles. The van der Waals surface area contributed by atoms with Gasteiger partial charge in [-0.25, -0.2) is 0 Å². The van der Waals surface area contributed by atoms with Crippen LogP contribution in [-0.4, -0.2) is 46.4 Å². The molecule has 35 heavy (non-hydrogen) atoms.